The molecule has 1 aliphatic heterocycles. The van der Waals surface area contributed by atoms with E-state index in [2.05, 4.69) is 21.4 Å². The minimum atomic E-state index is -0.533. The highest BCUT2D eigenvalue weighted by Gasteiger charge is 2.34. The predicted molar refractivity (Wildman–Crippen MR) is 121 cm³/mol. The van der Waals surface area contributed by atoms with Crippen molar-refractivity contribution in [1.82, 2.24) is 5.43 Å². The Morgan fingerprint density at radius 1 is 1.06 bits per heavy atom. The lowest BCUT2D eigenvalue weighted by Crippen LogP contribution is -2.35. The van der Waals surface area contributed by atoms with E-state index in [9.17, 15) is 14.0 Å². The number of benzene rings is 3. The summed E-state index contributed by atoms with van der Waals surface area (Å²) in [6, 6.07) is 18.3. The van der Waals surface area contributed by atoms with E-state index in [1.54, 1.807) is 48.5 Å². The van der Waals surface area contributed by atoms with E-state index in [4.69, 9.17) is 9.47 Å². The molecule has 4 rings (SSSR count). The number of halogens is 2. The summed E-state index contributed by atoms with van der Waals surface area (Å²) in [5.74, 6) is -0.671. The van der Waals surface area contributed by atoms with Crippen molar-refractivity contribution in [1.29, 1.82) is 0 Å². The van der Waals surface area contributed by atoms with E-state index in [1.165, 1.54) is 30.3 Å². The van der Waals surface area contributed by atoms with Crippen molar-refractivity contribution in [2.75, 3.05) is 12.1 Å². The molecule has 1 heterocycles. The van der Waals surface area contributed by atoms with Gasteiger partial charge in [-0.05, 0) is 48.0 Å². The molecule has 8 heteroatoms. The number of nitrogens with zero attached hydrogens (tertiary/aromatic N) is 1. The fraction of sp³-hybridized carbons (Fsp3) is 0.0833. The van der Waals surface area contributed by atoms with Gasteiger partial charge in [0.2, 0.25) is 0 Å². The van der Waals surface area contributed by atoms with Gasteiger partial charge >= 0.3 is 0 Å². The summed E-state index contributed by atoms with van der Waals surface area (Å²) in [6.07, 6.45) is 1.45. The third-order valence-electron chi connectivity index (χ3n) is 4.75. The van der Waals surface area contributed by atoms with Crippen LogP contribution in [-0.2, 0) is 16.2 Å². The summed E-state index contributed by atoms with van der Waals surface area (Å²) < 4.78 is 25.6. The van der Waals surface area contributed by atoms with Crippen LogP contribution in [0.15, 0.2) is 76.8 Å². The molecule has 162 valence electrons. The van der Waals surface area contributed by atoms with Crippen molar-refractivity contribution >= 4 is 39.5 Å². The van der Waals surface area contributed by atoms with E-state index in [0.29, 0.717) is 32.8 Å². The highest BCUT2D eigenvalue weighted by molar-refractivity contribution is 9.10. The first-order valence-corrected chi connectivity index (χ1v) is 10.4. The van der Waals surface area contributed by atoms with Gasteiger partial charge in [0.25, 0.3) is 11.8 Å². The lowest BCUT2D eigenvalue weighted by molar-refractivity contribution is -0.117. The monoisotopic (exact) mass is 496 g/mol. The Kier molecular flexibility index (Phi) is 6.23. The zero-order valence-electron chi connectivity index (χ0n) is 17.0. The van der Waals surface area contributed by atoms with Crippen molar-refractivity contribution in [3.05, 3.63) is 93.7 Å². The number of carbonyl (C=O) groups is 2. The summed E-state index contributed by atoms with van der Waals surface area (Å²) in [7, 11) is 1.48. The second kappa shape index (κ2) is 9.23. The Morgan fingerprint density at radius 2 is 1.84 bits per heavy atom. The SMILES string of the molecule is COc1cc(Br)cc(/C=C2\C(=O)NN(c3ccccc3)C2=O)c1OCc1cccc(F)c1. The van der Waals surface area contributed by atoms with Gasteiger partial charge in [0.15, 0.2) is 11.5 Å². The first kappa shape index (κ1) is 21.6. The molecule has 32 heavy (non-hydrogen) atoms. The minimum absolute atomic E-state index is 0.0513. The number of ether oxygens (including phenoxy) is 2. The van der Waals surface area contributed by atoms with Crippen LogP contribution in [0.4, 0.5) is 10.1 Å². The summed E-state index contributed by atoms with van der Waals surface area (Å²) in [5.41, 5.74) is 4.14. The van der Waals surface area contributed by atoms with Crippen molar-refractivity contribution in [2.45, 2.75) is 6.61 Å². The number of nitrogens with one attached hydrogen (secondary N) is 1. The summed E-state index contributed by atoms with van der Waals surface area (Å²) in [4.78, 5) is 25.5. The standard InChI is InChI=1S/C24H18BrFN2O4/c1-31-21-13-17(25)11-16(22(21)32-14-15-6-5-7-18(26)10-15)12-20-23(29)27-28(24(20)30)19-8-3-2-4-9-19/h2-13H,14H2,1H3,(H,27,29)/b20-12+. The molecule has 0 saturated carbocycles. The average molecular weight is 497 g/mol. The molecule has 1 N–H and O–H groups in total. The molecule has 1 aliphatic rings. The number of carbonyl (C=O) groups excluding carboxylic acids is 2. The van der Waals surface area contributed by atoms with Crippen LogP contribution in [-0.4, -0.2) is 18.9 Å². The smallest absolute Gasteiger partial charge is 0.282 e. The zero-order chi connectivity index (χ0) is 22.7. The van der Waals surface area contributed by atoms with Crippen molar-refractivity contribution in [2.24, 2.45) is 0 Å². The van der Waals surface area contributed by atoms with Gasteiger partial charge in [0.1, 0.15) is 18.0 Å². The van der Waals surface area contributed by atoms with Crippen molar-refractivity contribution in [3.63, 3.8) is 0 Å². The van der Waals surface area contributed by atoms with Crippen LogP contribution in [0.5, 0.6) is 11.5 Å². The molecule has 3 aromatic rings. The molecule has 1 saturated heterocycles. The topological polar surface area (TPSA) is 67.9 Å². The number of hydrogen-bond acceptors (Lipinski definition) is 4. The molecule has 0 bridgehead atoms. The maximum atomic E-state index is 13.5. The highest BCUT2D eigenvalue weighted by atomic mass is 79.9. The molecule has 3 aromatic carbocycles. The second-order valence-electron chi connectivity index (χ2n) is 6.92. The van der Waals surface area contributed by atoms with Gasteiger partial charge in [-0.25, -0.2) is 9.40 Å². The normalized spacial score (nSPS) is 14.6. The Balaban J connectivity index is 1.69. The minimum Gasteiger partial charge on any atom is -0.493 e. The molecular formula is C24H18BrFN2O4. The lowest BCUT2D eigenvalue weighted by Gasteiger charge is -2.15. The second-order valence-corrected chi connectivity index (χ2v) is 7.84. The molecule has 6 nitrogen and oxygen atoms in total. The van der Waals surface area contributed by atoms with Crippen LogP contribution in [0, 0.1) is 5.82 Å². The van der Waals surface area contributed by atoms with Crippen molar-refractivity contribution < 1.29 is 23.5 Å². The van der Waals surface area contributed by atoms with Gasteiger partial charge in [-0.2, -0.15) is 0 Å². The Labute approximate surface area is 192 Å². The highest BCUT2D eigenvalue weighted by Crippen LogP contribution is 2.37. The first-order valence-electron chi connectivity index (χ1n) is 9.63. The molecule has 2 amide bonds. The van der Waals surface area contributed by atoms with E-state index in [0.717, 1.165) is 0 Å². The van der Waals surface area contributed by atoms with Gasteiger partial charge in [0, 0.05) is 10.0 Å². The van der Waals surface area contributed by atoms with Crippen molar-refractivity contribution in [3.8, 4) is 11.5 Å². The lowest BCUT2D eigenvalue weighted by atomic mass is 10.1. The zero-order valence-corrected chi connectivity index (χ0v) is 18.6. The predicted octanol–water partition coefficient (Wildman–Crippen LogP) is 4.64. The van der Waals surface area contributed by atoms with Crippen LogP contribution in [0.2, 0.25) is 0 Å². The summed E-state index contributed by atoms with van der Waals surface area (Å²) >= 11 is 3.41. The number of anilines is 1. The van der Waals surface area contributed by atoms with Gasteiger partial charge in [0.05, 0.1) is 12.8 Å². The largest absolute Gasteiger partial charge is 0.493 e. The number of hydrazine groups is 1. The number of amides is 2. The van der Waals surface area contributed by atoms with Gasteiger partial charge in [-0.1, -0.05) is 46.3 Å². The molecule has 0 radical (unpaired) electrons. The quantitative estimate of drug-likeness (QED) is 0.398. The van der Waals surface area contributed by atoms with E-state index < -0.39 is 11.8 Å². The van der Waals surface area contributed by atoms with Crippen LogP contribution < -0.4 is 19.9 Å². The molecule has 0 unspecified atom stereocenters. The maximum absolute atomic E-state index is 13.5. The Morgan fingerprint density at radius 3 is 2.56 bits per heavy atom. The third kappa shape index (κ3) is 4.50. The summed E-state index contributed by atoms with van der Waals surface area (Å²) in [5, 5.41) is 1.19. The Bertz CT molecular complexity index is 1210. The maximum Gasteiger partial charge on any atom is 0.282 e. The number of hydrogen-bond donors (Lipinski definition) is 1. The van der Waals surface area contributed by atoms with Crippen LogP contribution >= 0.6 is 15.9 Å². The van der Waals surface area contributed by atoms with Gasteiger partial charge in [-0.3, -0.25) is 15.0 Å². The van der Waals surface area contributed by atoms with Crippen LogP contribution in [0.1, 0.15) is 11.1 Å². The third-order valence-corrected chi connectivity index (χ3v) is 5.20. The average Bonchev–Trinajstić information content (AvgIpc) is 3.07. The number of methoxy groups -OCH3 is 1. The molecule has 0 aliphatic carbocycles. The Hall–Kier alpha value is -3.65. The van der Waals surface area contributed by atoms with E-state index >= 15 is 0 Å². The molecule has 0 aromatic heterocycles. The fourth-order valence-corrected chi connectivity index (χ4v) is 3.71. The first-order chi connectivity index (χ1) is 15.5. The van der Waals surface area contributed by atoms with Gasteiger partial charge < -0.3 is 9.47 Å². The number of para-hydroxylation sites is 1. The fourth-order valence-electron chi connectivity index (χ4n) is 3.26. The van der Waals surface area contributed by atoms with E-state index in [-0.39, 0.29) is 18.0 Å². The molecule has 0 atom stereocenters. The van der Waals surface area contributed by atoms with E-state index in [1.807, 2.05) is 6.07 Å². The summed E-state index contributed by atoms with van der Waals surface area (Å²) in [6.45, 7) is 0.0716. The van der Waals surface area contributed by atoms with Crippen LogP contribution in [0.3, 0.4) is 0 Å². The molecular weight excluding hydrogens is 479 g/mol. The van der Waals surface area contributed by atoms with Gasteiger partial charge in [-0.15, -0.1) is 0 Å². The number of rotatable bonds is 6. The molecule has 1 fully saturated rings. The van der Waals surface area contributed by atoms with Crippen LogP contribution in [0.25, 0.3) is 6.08 Å². The molecule has 0 spiro atoms.